The minimum atomic E-state index is 0.905. The summed E-state index contributed by atoms with van der Waals surface area (Å²) < 4.78 is 4.58. The van der Waals surface area contributed by atoms with Crippen LogP contribution in [0, 0.1) is 0 Å². The lowest BCUT2D eigenvalue weighted by Crippen LogP contribution is -1.97. The third-order valence-electron chi connectivity index (χ3n) is 1.01. The summed E-state index contributed by atoms with van der Waals surface area (Å²) in [7, 11) is 1.76. The lowest BCUT2D eigenvalue weighted by Gasteiger charge is -1.86. The smallest absolute Gasteiger partial charge is 0.0902 e. The monoisotopic (exact) mass is 166 g/mol. The zero-order valence-corrected chi connectivity index (χ0v) is 7.45. The van der Waals surface area contributed by atoms with Crippen molar-refractivity contribution in [3.63, 3.8) is 0 Å². The molecule has 12 heavy (non-hydrogen) atoms. The Bertz CT molecular complexity index is 197. The molecule has 1 rings (SSSR count). The van der Waals surface area contributed by atoms with E-state index in [4.69, 9.17) is 0 Å². The van der Waals surface area contributed by atoms with E-state index in [0.29, 0.717) is 0 Å². The molecule has 1 N–H and O–H groups in total. The molecule has 1 heterocycles. The number of hydrazone groups is 1. The summed E-state index contributed by atoms with van der Waals surface area (Å²) in [4.78, 5) is 0. The van der Waals surface area contributed by atoms with E-state index in [2.05, 4.69) is 21.5 Å². The summed E-state index contributed by atoms with van der Waals surface area (Å²) >= 11 is 0. The average Bonchev–Trinajstić information content (AvgIpc) is 2.62. The molecule has 0 saturated carbocycles. The highest BCUT2D eigenvalue weighted by molar-refractivity contribution is 5.91. The van der Waals surface area contributed by atoms with Crippen LogP contribution in [0.25, 0.3) is 0 Å². The quantitative estimate of drug-likeness (QED) is 0.539. The van der Waals surface area contributed by atoms with Crippen LogP contribution < -0.4 is 5.43 Å². The molecule has 0 saturated heterocycles. The average molecular weight is 166 g/mol. The minimum absolute atomic E-state index is 0.905. The van der Waals surface area contributed by atoms with Crippen LogP contribution in [0.2, 0.25) is 0 Å². The zero-order chi connectivity index (χ0) is 9.23. The van der Waals surface area contributed by atoms with Crippen LogP contribution in [0.4, 0.5) is 0 Å². The second-order valence-corrected chi connectivity index (χ2v) is 1.97. The molecule has 1 aromatic rings. The summed E-state index contributed by atoms with van der Waals surface area (Å²) in [6.45, 7) is 5.39. The van der Waals surface area contributed by atoms with E-state index >= 15 is 0 Å². The summed E-state index contributed by atoms with van der Waals surface area (Å²) in [5.74, 6) is 0. The number of hydrogen-bond acceptors (Lipinski definition) is 3. The largest absolute Gasteiger partial charge is 0.473 e. The summed E-state index contributed by atoms with van der Waals surface area (Å²) in [5, 5.41) is 3.79. The van der Waals surface area contributed by atoms with Gasteiger partial charge >= 0.3 is 0 Å². The summed E-state index contributed by atoms with van der Waals surface area (Å²) in [6.07, 6.45) is 4.94. The van der Waals surface area contributed by atoms with Crippen molar-refractivity contribution in [1.29, 1.82) is 0 Å². The Hall–Kier alpha value is -1.51. The van der Waals surface area contributed by atoms with Gasteiger partial charge in [-0.3, -0.25) is 0 Å². The molecular weight excluding hydrogens is 152 g/mol. The van der Waals surface area contributed by atoms with Gasteiger partial charge in [-0.15, -0.1) is 0 Å². The maximum absolute atomic E-state index is 4.58. The lowest BCUT2D eigenvalue weighted by atomic mass is 10.4. The van der Waals surface area contributed by atoms with Crippen LogP contribution in [0.5, 0.6) is 0 Å². The Morgan fingerprint density at radius 2 is 2.08 bits per heavy atom. The van der Waals surface area contributed by atoms with E-state index in [0.717, 1.165) is 5.71 Å². The highest BCUT2D eigenvalue weighted by Crippen LogP contribution is 1.79. The fourth-order valence-corrected chi connectivity index (χ4v) is 0.449. The first-order valence-corrected chi connectivity index (χ1v) is 3.62. The van der Waals surface area contributed by atoms with E-state index in [9.17, 15) is 0 Å². The number of allylic oxidation sites excluding steroid dienone is 1. The van der Waals surface area contributed by atoms with Gasteiger partial charge in [-0.25, -0.2) is 0 Å². The first kappa shape index (κ1) is 10.5. The normalized spacial score (nSPS) is 9.67. The van der Waals surface area contributed by atoms with Gasteiger partial charge in [0, 0.05) is 7.05 Å². The van der Waals surface area contributed by atoms with Gasteiger partial charge in [0.2, 0.25) is 0 Å². The van der Waals surface area contributed by atoms with Crippen molar-refractivity contribution in [2.24, 2.45) is 5.10 Å². The van der Waals surface area contributed by atoms with Crippen molar-refractivity contribution in [3.8, 4) is 0 Å². The van der Waals surface area contributed by atoms with Crippen molar-refractivity contribution in [2.45, 2.75) is 6.92 Å². The van der Waals surface area contributed by atoms with E-state index in [-0.39, 0.29) is 0 Å². The predicted molar refractivity (Wildman–Crippen MR) is 51.1 cm³/mol. The molecule has 0 atom stereocenters. The Balaban J connectivity index is 0.000000211. The van der Waals surface area contributed by atoms with Crippen molar-refractivity contribution in [1.82, 2.24) is 5.43 Å². The molecule has 0 unspecified atom stereocenters. The second-order valence-electron chi connectivity index (χ2n) is 1.97. The molecule has 0 bridgehead atoms. The van der Waals surface area contributed by atoms with Gasteiger partial charge in [0.15, 0.2) is 0 Å². The molecule has 3 nitrogen and oxygen atoms in total. The van der Waals surface area contributed by atoms with Crippen molar-refractivity contribution < 1.29 is 4.42 Å². The molecule has 3 heteroatoms. The fourth-order valence-electron chi connectivity index (χ4n) is 0.449. The maximum Gasteiger partial charge on any atom is 0.0902 e. The number of nitrogens with zero attached hydrogens (tertiary/aromatic N) is 1. The number of rotatable bonds is 2. The second kappa shape index (κ2) is 7.60. The molecule has 0 radical (unpaired) electrons. The van der Waals surface area contributed by atoms with Crippen LogP contribution in [0.1, 0.15) is 6.92 Å². The Kier molecular flexibility index (Phi) is 6.64. The van der Waals surface area contributed by atoms with Crippen LogP contribution in [-0.2, 0) is 0 Å². The minimum Gasteiger partial charge on any atom is -0.473 e. The molecule has 0 aliphatic rings. The Morgan fingerprint density at radius 3 is 2.25 bits per heavy atom. The first-order valence-electron chi connectivity index (χ1n) is 3.62. The van der Waals surface area contributed by atoms with Gasteiger partial charge in [0.1, 0.15) is 0 Å². The Labute approximate surface area is 72.8 Å². The molecule has 0 spiro atoms. The third-order valence-corrected chi connectivity index (χ3v) is 1.01. The maximum atomic E-state index is 4.58. The van der Waals surface area contributed by atoms with Gasteiger partial charge < -0.3 is 9.84 Å². The molecule has 0 aliphatic carbocycles. The topological polar surface area (TPSA) is 37.5 Å². The molecule has 0 aromatic carbocycles. The number of furan rings is 1. The lowest BCUT2D eigenvalue weighted by molar-refractivity contribution is 0.567. The zero-order valence-electron chi connectivity index (χ0n) is 7.45. The molecule has 0 fully saturated rings. The van der Waals surface area contributed by atoms with E-state index in [1.165, 1.54) is 0 Å². The molecule has 0 aliphatic heterocycles. The van der Waals surface area contributed by atoms with Crippen LogP contribution in [0.15, 0.2) is 46.8 Å². The van der Waals surface area contributed by atoms with Crippen LogP contribution in [-0.4, -0.2) is 12.8 Å². The fraction of sp³-hybridized carbons (Fsp3) is 0.222. The standard InChI is InChI=1S/C5H10N2.C4H4O/c1-4-5(2)7-6-3;1-2-4-5-3-1/h4,6H,1H2,2-3H3;1-4H/b7-5-;. The number of nitrogens with one attached hydrogen (secondary N) is 1. The van der Waals surface area contributed by atoms with Crippen molar-refractivity contribution in [3.05, 3.63) is 37.3 Å². The third kappa shape index (κ3) is 6.61. The van der Waals surface area contributed by atoms with Crippen molar-refractivity contribution in [2.75, 3.05) is 7.05 Å². The molecule has 1 aromatic heterocycles. The van der Waals surface area contributed by atoms with Gasteiger partial charge in [-0.1, -0.05) is 6.58 Å². The first-order chi connectivity index (χ1) is 5.81. The molecular formula is C9H14N2O. The van der Waals surface area contributed by atoms with Gasteiger partial charge in [-0.05, 0) is 25.1 Å². The Morgan fingerprint density at radius 1 is 1.50 bits per heavy atom. The highest BCUT2D eigenvalue weighted by Gasteiger charge is 1.72. The molecule has 66 valence electrons. The van der Waals surface area contributed by atoms with Crippen LogP contribution in [0.3, 0.4) is 0 Å². The summed E-state index contributed by atoms with van der Waals surface area (Å²) in [5.41, 5.74) is 3.54. The molecule has 0 amide bonds. The van der Waals surface area contributed by atoms with Crippen LogP contribution >= 0.6 is 0 Å². The summed E-state index contributed by atoms with van der Waals surface area (Å²) in [6, 6.07) is 3.67. The van der Waals surface area contributed by atoms with E-state index < -0.39 is 0 Å². The van der Waals surface area contributed by atoms with Gasteiger partial charge in [0.05, 0.1) is 18.2 Å². The SMILES string of the molecule is C=C/C(C)=N\NC.c1ccoc1. The van der Waals surface area contributed by atoms with Gasteiger partial charge in [0.25, 0.3) is 0 Å². The van der Waals surface area contributed by atoms with E-state index in [1.807, 2.05) is 19.1 Å². The predicted octanol–water partition coefficient (Wildman–Crippen LogP) is 2.05. The van der Waals surface area contributed by atoms with Gasteiger partial charge in [-0.2, -0.15) is 5.10 Å². The van der Waals surface area contributed by atoms with E-state index in [1.54, 1.807) is 25.7 Å². The number of hydrogen-bond donors (Lipinski definition) is 1. The van der Waals surface area contributed by atoms with Crippen molar-refractivity contribution >= 4 is 5.71 Å². The highest BCUT2D eigenvalue weighted by atomic mass is 16.3.